The van der Waals surface area contributed by atoms with Crippen molar-refractivity contribution in [1.82, 2.24) is 14.8 Å². The normalized spacial score (nSPS) is 11.9. The number of aromatic nitrogens is 3. The van der Waals surface area contributed by atoms with Gasteiger partial charge in [-0.3, -0.25) is 9.00 Å². The Balaban J connectivity index is 1.78. The predicted molar refractivity (Wildman–Crippen MR) is 88.1 cm³/mol. The van der Waals surface area contributed by atoms with E-state index in [1.165, 1.54) is 0 Å². The van der Waals surface area contributed by atoms with Crippen molar-refractivity contribution in [2.24, 2.45) is 0 Å². The summed E-state index contributed by atoms with van der Waals surface area (Å²) in [5.41, 5.74) is 0.914. The molecule has 116 valence electrons. The van der Waals surface area contributed by atoms with Gasteiger partial charge in [-0.05, 0) is 42.5 Å². The smallest absolute Gasteiger partial charge is 0.274 e. The third-order valence-corrected chi connectivity index (χ3v) is 4.09. The molecule has 0 unspecified atom stereocenters. The minimum atomic E-state index is -1.04. The average Bonchev–Trinajstić information content (AvgIpc) is 3.10. The standard InChI is InChI=1S/C16H14N4O2S/c1-23(22)13-8-6-12(7-9-13)18-16(21)14-4-2-5-15(19-14)20-11-3-10-17-20/h2-11H,1H3,(H,18,21)/t23-/m1/s1. The zero-order valence-corrected chi connectivity index (χ0v) is 13.2. The van der Waals surface area contributed by atoms with E-state index in [-0.39, 0.29) is 5.91 Å². The molecule has 1 atom stereocenters. The van der Waals surface area contributed by atoms with Crippen molar-refractivity contribution >= 4 is 22.4 Å². The Morgan fingerprint density at radius 1 is 1.13 bits per heavy atom. The first kappa shape index (κ1) is 15.1. The number of pyridine rings is 1. The molecule has 0 aliphatic carbocycles. The molecule has 3 rings (SSSR count). The van der Waals surface area contributed by atoms with E-state index >= 15 is 0 Å². The van der Waals surface area contributed by atoms with Gasteiger partial charge in [-0.25, -0.2) is 9.67 Å². The van der Waals surface area contributed by atoms with Crippen molar-refractivity contribution in [1.29, 1.82) is 0 Å². The first-order valence-corrected chi connectivity index (χ1v) is 8.41. The highest BCUT2D eigenvalue weighted by Gasteiger charge is 2.09. The number of amides is 1. The van der Waals surface area contributed by atoms with Crippen LogP contribution in [0.25, 0.3) is 5.82 Å². The van der Waals surface area contributed by atoms with Gasteiger partial charge in [0.2, 0.25) is 0 Å². The minimum Gasteiger partial charge on any atom is -0.321 e. The van der Waals surface area contributed by atoms with E-state index in [2.05, 4.69) is 15.4 Å². The van der Waals surface area contributed by atoms with Gasteiger partial charge in [-0.1, -0.05) is 6.07 Å². The summed E-state index contributed by atoms with van der Waals surface area (Å²) >= 11 is 0. The maximum absolute atomic E-state index is 12.3. The highest BCUT2D eigenvalue weighted by molar-refractivity contribution is 7.84. The third kappa shape index (κ3) is 3.51. The highest BCUT2D eigenvalue weighted by Crippen LogP contribution is 2.13. The summed E-state index contributed by atoms with van der Waals surface area (Å²) in [5.74, 6) is 0.253. The van der Waals surface area contributed by atoms with Crippen molar-refractivity contribution in [3.8, 4) is 5.82 Å². The number of carbonyl (C=O) groups excluding carboxylic acids is 1. The Labute approximate surface area is 135 Å². The van der Waals surface area contributed by atoms with Gasteiger partial charge in [0.1, 0.15) is 5.69 Å². The van der Waals surface area contributed by atoms with Crippen molar-refractivity contribution < 1.29 is 9.00 Å². The van der Waals surface area contributed by atoms with Gasteiger partial charge in [0.05, 0.1) is 0 Å². The fraction of sp³-hybridized carbons (Fsp3) is 0.0625. The van der Waals surface area contributed by atoms with Gasteiger partial charge in [0.25, 0.3) is 5.91 Å². The largest absolute Gasteiger partial charge is 0.321 e. The van der Waals surface area contributed by atoms with E-state index < -0.39 is 10.8 Å². The lowest BCUT2D eigenvalue weighted by Gasteiger charge is -2.07. The second-order valence-corrected chi connectivity index (χ2v) is 6.14. The summed E-state index contributed by atoms with van der Waals surface area (Å²) in [6.07, 6.45) is 5.01. The maximum atomic E-state index is 12.3. The van der Waals surface area contributed by atoms with E-state index in [1.807, 2.05) is 0 Å². The molecule has 0 bridgehead atoms. The van der Waals surface area contributed by atoms with Gasteiger partial charge in [0.15, 0.2) is 5.82 Å². The number of nitrogens with zero attached hydrogens (tertiary/aromatic N) is 3. The zero-order chi connectivity index (χ0) is 16.2. The second-order valence-electron chi connectivity index (χ2n) is 4.76. The summed E-state index contributed by atoms with van der Waals surface area (Å²) in [4.78, 5) is 17.3. The lowest BCUT2D eigenvalue weighted by Crippen LogP contribution is -2.14. The lowest BCUT2D eigenvalue weighted by molar-refractivity contribution is 0.102. The molecule has 0 fully saturated rings. The Bertz CT molecular complexity index is 845. The van der Waals surface area contributed by atoms with Crippen LogP contribution in [0.15, 0.2) is 65.8 Å². The van der Waals surface area contributed by atoms with E-state index in [1.54, 1.807) is 71.9 Å². The summed E-state index contributed by atoms with van der Waals surface area (Å²) in [5, 5.41) is 6.86. The van der Waals surface area contributed by atoms with Crippen LogP contribution in [0, 0.1) is 0 Å². The van der Waals surface area contributed by atoms with Gasteiger partial charge < -0.3 is 5.32 Å². The van der Waals surface area contributed by atoms with Crippen LogP contribution in [-0.4, -0.2) is 31.1 Å². The van der Waals surface area contributed by atoms with E-state index in [0.717, 1.165) is 0 Å². The average molecular weight is 326 g/mol. The molecule has 0 saturated carbocycles. The molecule has 6 nitrogen and oxygen atoms in total. The van der Waals surface area contributed by atoms with Crippen LogP contribution in [0.4, 0.5) is 5.69 Å². The van der Waals surface area contributed by atoms with Crippen LogP contribution >= 0.6 is 0 Å². The van der Waals surface area contributed by atoms with Crippen LogP contribution in [-0.2, 0) is 10.8 Å². The molecule has 0 radical (unpaired) electrons. The molecule has 1 aromatic carbocycles. The summed E-state index contributed by atoms with van der Waals surface area (Å²) in [6.45, 7) is 0. The Hall–Kier alpha value is -2.80. The van der Waals surface area contributed by atoms with Gasteiger partial charge >= 0.3 is 0 Å². The monoisotopic (exact) mass is 326 g/mol. The first-order chi connectivity index (χ1) is 11.1. The predicted octanol–water partition coefficient (Wildman–Crippen LogP) is 2.26. The molecular formula is C16H14N4O2S. The second kappa shape index (κ2) is 6.53. The maximum Gasteiger partial charge on any atom is 0.274 e. The lowest BCUT2D eigenvalue weighted by atomic mass is 10.3. The van der Waals surface area contributed by atoms with Crippen LogP contribution < -0.4 is 5.32 Å². The van der Waals surface area contributed by atoms with Crippen molar-refractivity contribution in [2.45, 2.75) is 4.90 Å². The number of benzene rings is 1. The van der Waals surface area contributed by atoms with Gasteiger partial charge in [0, 0.05) is 40.0 Å². The minimum absolute atomic E-state index is 0.293. The van der Waals surface area contributed by atoms with Crippen molar-refractivity contribution in [3.05, 3.63) is 66.6 Å². The zero-order valence-electron chi connectivity index (χ0n) is 12.3. The number of hydrogen-bond acceptors (Lipinski definition) is 4. The molecule has 0 saturated heterocycles. The van der Waals surface area contributed by atoms with E-state index in [4.69, 9.17) is 0 Å². The summed E-state index contributed by atoms with van der Waals surface area (Å²) < 4.78 is 12.9. The number of anilines is 1. The first-order valence-electron chi connectivity index (χ1n) is 6.85. The molecule has 0 spiro atoms. The molecular weight excluding hydrogens is 312 g/mol. The molecule has 23 heavy (non-hydrogen) atoms. The number of rotatable bonds is 4. The third-order valence-electron chi connectivity index (χ3n) is 3.15. The number of nitrogens with one attached hydrogen (secondary N) is 1. The van der Waals surface area contributed by atoms with E-state index in [9.17, 15) is 9.00 Å². The fourth-order valence-corrected chi connectivity index (χ4v) is 2.53. The Morgan fingerprint density at radius 2 is 1.91 bits per heavy atom. The molecule has 0 aliphatic rings. The Morgan fingerprint density at radius 3 is 2.57 bits per heavy atom. The molecule has 2 heterocycles. The summed E-state index contributed by atoms with van der Waals surface area (Å²) in [7, 11) is -1.04. The van der Waals surface area contributed by atoms with Crippen molar-refractivity contribution in [2.75, 3.05) is 11.6 Å². The van der Waals surface area contributed by atoms with Crippen LogP contribution in [0.1, 0.15) is 10.5 Å². The molecule has 7 heteroatoms. The summed E-state index contributed by atoms with van der Waals surface area (Å²) in [6, 6.07) is 13.8. The molecule has 1 N–H and O–H groups in total. The topological polar surface area (TPSA) is 76.9 Å². The van der Waals surface area contributed by atoms with E-state index in [0.29, 0.717) is 22.1 Å². The van der Waals surface area contributed by atoms with Crippen LogP contribution in [0.2, 0.25) is 0 Å². The van der Waals surface area contributed by atoms with Gasteiger partial charge in [-0.2, -0.15) is 5.10 Å². The molecule has 0 aliphatic heterocycles. The molecule has 2 aromatic heterocycles. The fourth-order valence-electron chi connectivity index (χ4n) is 2.01. The van der Waals surface area contributed by atoms with Crippen LogP contribution in [0.3, 0.4) is 0 Å². The number of hydrogen-bond donors (Lipinski definition) is 1. The van der Waals surface area contributed by atoms with Gasteiger partial charge in [-0.15, -0.1) is 0 Å². The van der Waals surface area contributed by atoms with Crippen LogP contribution in [0.5, 0.6) is 0 Å². The quantitative estimate of drug-likeness (QED) is 0.798. The van der Waals surface area contributed by atoms with Crippen molar-refractivity contribution in [3.63, 3.8) is 0 Å². The SMILES string of the molecule is C[S@@](=O)c1ccc(NC(=O)c2cccc(-n3cccn3)n2)cc1. The molecule has 1 amide bonds. The highest BCUT2D eigenvalue weighted by atomic mass is 32.2. The Kier molecular flexibility index (Phi) is 4.29. The number of carbonyl (C=O) groups is 1. The molecule has 3 aromatic rings.